The van der Waals surface area contributed by atoms with Crippen LogP contribution in [0.25, 0.3) is 0 Å². The third-order valence-electron chi connectivity index (χ3n) is 1.80. The van der Waals surface area contributed by atoms with E-state index in [1.54, 1.807) is 6.92 Å². The van der Waals surface area contributed by atoms with E-state index in [0.717, 1.165) is 0 Å². The van der Waals surface area contributed by atoms with Crippen LogP contribution in [0.15, 0.2) is 12.2 Å². The van der Waals surface area contributed by atoms with Crippen LogP contribution in [0, 0.1) is 0 Å². The first-order valence-corrected chi connectivity index (χ1v) is 5.64. The zero-order valence-electron chi connectivity index (χ0n) is 8.52. The van der Waals surface area contributed by atoms with Crippen molar-refractivity contribution in [2.75, 3.05) is 12.8 Å². The Hall–Kier alpha value is -0.880. The van der Waals surface area contributed by atoms with Gasteiger partial charge in [-0.15, -0.1) is 0 Å². The average molecular weight is 221 g/mol. The molecule has 0 aromatic heterocycles. The van der Waals surface area contributed by atoms with E-state index in [4.69, 9.17) is 4.55 Å². The molecule has 0 bridgehead atoms. The molecule has 0 aliphatic heterocycles. The van der Waals surface area contributed by atoms with E-state index < -0.39 is 21.9 Å². The summed E-state index contributed by atoms with van der Waals surface area (Å²) in [4.78, 5) is 12.6. The largest absolute Gasteiger partial charge is 0.338 e. The number of carbonyl (C=O) groups excluding carboxylic acids is 1. The molecule has 0 aliphatic carbocycles. The maximum Gasteiger partial charge on any atom is 0.266 e. The lowest BCUT2D eigenvalue weighted by atomic mass is 10.2. The molecule has 1 N–H and O–H groups in total. The van der Waals surface area contributed by atoms with E-state index >= 15 is 0 Å². The van der Waals surface area contributed by atoms with Gasteiger partial charge in [-0.05, 0) is 13.8 Å². The van der Waals surface area contributed by atoms with Crippen molar-refractivity contribution >= 4 is 16.0 Å². The first-order valence-electron chi connectivity index (χ1n) is 4.03. The molecule has 0 saturated carbocycles. The molecular weight excluding hydrogens is 206 g/mol. The SMILES string of the molecule is C=C(C)C(=O)N(C)C(C)CS(=O)(=O)O. The fourth-order valence-corrected chi connectivity index (χ4v) is 1.75. The Labute approximate surface area is 84.2 Å². The number of amides is 1. The first-order chi connectivity index (χ1) is 6.15. The molecule has 82 valence electrons. The minimum absolute atomic E-state index is 0.328. The van der Waals surface area contributed by atoms with Gasteiger partial charge in [-0.1, -0.05) is 6.58 Å². The zero-order valence-corrected chi connectivity index (χ0v) is 9.34. The molecule has 1 amide bonds. The summed E-state index contributed by atoms with van der Waals surface area (Å²) in [6.45, 7) is 6.53. The maximum absolute atomic E-state index is 11.3. The minimum atomic E-state index is -4.05. The van der Waals surface area contributed by atoms with Crippen LogP contribution in [0.3, 0.4) is 0 Å². The predicted molar refractivity (Wildman–Crippen MR) is 53.5 cm³/mol. The molecule has 14 heavy (non-hydrogen) atoms. The summed E-state index contributed by atoms with van der Waals surface area (Å²) in [7, 11) is -2.59. The second kappa shape index (κ2) is 4.56. The summed E-state index contributed by atoms with van der Waals surface area (Å²) < 4.78 is 29.6. The zero-order chi connectivity index (χ0) is 11.5. The molecule has 0 aliphatic rings. The van der Waals surface area contributed by atoms with Crippen LogP contribution < -0.4 is 0 Å². The Morgan fingerprint density at radius 1 is 1.57 bits per heavy atom. The van der Waals surface area contributed by atoms with Gasteiger partial charge in [-0.3, -0.25) is 9.35 Å². The van der Waals surface area contributed by atoms with Crippen LogP contribution in [0.5, 0.6) is 0 Å². The molecule has 0 fully saturated rings. The number of likely N-dealkylation sites (N-methyl/N-ethyl adjacent to an activating group) is 1. The van der Waals surface area contributed by atoms with Crippen molar-refractivity contribution < 1.29 is 17.8 Å². The van der Waals surface area contributed by atoms with Crippen LogP contribution in [-0.2, 0) is 14.9 Å². The molecule has 0 rings (SSSR count). The molecule has 1 unspecified atom stereocenters. The Morgan fingerprint density at radius 2 is 2.00 bits per heavy atom. The molecular formula is C8H15NO4S. The van der Waals surface area contributed by atoms with E-state index in [1.165, 1.54) is 18.9 Å². The molecule has 0 saturated heterocycles. The van der Waals surface area contributed by atoms with Crippen LogP contribution in [0.4, 0.5) is 0 Å². The van der Waals surface area contributed by atoms with Gasteiger partial charge >= 0.3 is 0 Å². The Kier molecular flexibility index (Phi) is 4.28. The average Bonchev–Trinajstić information content (AvgIpc) is 1.98. The van der Waals surface area contributed by atoms with E-state index in [2.05, 4.69) is 6.58 Å². The van der Waals surface area contributed by atoms with Gasteiger partial charge in [-0.2, -0.15) is 8.42 Å². The second-order valence-electron chi connectivity index (χ2n) is 3.29. The minimum Gasteiger partial charge on any atom is -0.338 e. The lowest BCUT2D eigenvalue weighted by Crippen LogP contribution is -2.39. The van der Waals surface area contributed by atoms with Crippen molar-refractivity contribution in [1.82, 2.24) is 4.90 Å². The summed E-state index contributed by atoms with van der Waals surface area (Å²) in [6.07, 6.45) is 0. The van der Waals surface area contributed by atoms with Crippen molar-refractivity contribution in [3.05, 3.63) is 12.2 Å². The predicted octanol–water partition coefficient (Wildman–Crippen LogP) is 0.297. The normalized spacial score (nSPS) is 13.4. The monoisotopic (exact) mass is 221 g/mol. The van der Waals surface area contributed by atoms with Crippen LogP contribution >= 0.6 is 0 Å². The molecule has 0 aromatic carbocycles. The lowest BCUT2D eigenvalue weighted by Gasteiger charge is -2.23. The highest BCUT2D eigenvalue weighted by molar-refractivity contribution is 7.85. The third kappa shape index (κ3) is 4.38. The van der Waals surface area contributed by atoms with Gasteiger partial charge < -0.3 is 4.90 Å². The van der Waals surface area contributed by atoms with Crippen molar-refractivity contribution in [3.63, 3.8) is 0 Å². The Balaban J connectivity index is 4.48. The summed E-state index contributed by atoms with van der Waals surface area (Å²) in [6, 6.07) is -0.575. The fourth-order valence-electron chi connectivity index (χ4n) is 0.918. The summed E-state index contributed by atoms with van der Waals surface area (Å²) in [5, 5.41) is 0. The summed E-state index contributed by atoms with van der Waals surface area (Å²) in [5.41, 5.74) is 0.328. The highest BCUT2D eigenvalue weighted by atomic mass is 32.2. The highest BCUT2D eigenvalue weighted by Gasteiger charge is 2.20. The molecule has 1 atom stereocenters. The highest BCUT2D eigenvalue weighted by Crippen LogP contribution is 2.04. The summed E-state index contributed by atoms with van der Waals surface area (Å²) >= 11 is 0. The smallest absolute Gasteiger partial charge is 0.266 e. The molecule has 5 nitrogen and oxygen atoms in total. The Morgan fingerprint density at radius 3 is 2.29 bits per heavy atom. The second-order valence-corrected chi connectivity index (χ2v) is 4.79. The first kappa shape index (κ1) is 13.1. The lowest BCUT2D eigenvalue weighted by molar-refractivity contribution is -0.127. The van der Waals surface area contributed by atoms with Gasteiger partial charge in [-0.25, -0.2) is 0 Å². The van der Waals surface area contributed by atoms with E-state index in [1.807, 2.05) is 0 Å². The number of carbonyl (C=O) groups is 1. The summed E-state index contributed by atoms with van der Waals surface area (Å²) in [5.74, 6) is -0.802. The quantitative estimate of drug-likeness (QED) is 0.547. The van der Waals surface area contributed by atoms with E-state index in [-0.39, 0.29) is 5.91 Å². The van der Waals surface area contributed by atoms with Crippen LogP contribution in [0.2, 0.25) is 0 Å². The fraction of sp³-hybridized carbons (Fsp3) is 0.625. The van der Waals surface area contributed by atoms with Gasteiger partial charge in [0.2, 0.25) is 5.91 Å². The van der Waals surface area contributed by atoms with Crippen LogP contribution in [-0.4, -0.2) is 42.6 Å². The molecule has 0 aromatic rings. The molecule has 0 heterocycles. The van der Waals surface area contributed by atoms with E-state index in [9.17, 15) is 13.2 Å². The number of hydrogen-bond donors (Lipinski definition) is 1. The maximum atomic E-state index is 11.3. The third-order valence-corrected chi connectivity index (χ3v) is 2.70. The number of hydrogen-bond acceptors (Lipinski definition) is 3. The Bertz CT molecular complexity index is 333. The molecule has 0 spiro atoms. The van der Waals surface area contributed by atoms with Crippen molar-refractivity contribution in [2.24, 2.45) is 0 Å². The van der Waals surface area contributed by atoms with Gasteiger partial charge in [0.05, 0.1) is 5.75 Å². The van der Waals surface area contributed by atoms with Crippen LogP contribution in [0.1, 0.15) is 13.8 Å². The molecule has 6 heteroatoms. The van der Waals surface area contributed by atoms with Crippen molar-refractivity contribution in [1.29, 1.82) is 0 Å². The van der Waals surface area contributed by atoms with Gasteiger partial charge in [0.15, 0.2) is 0 Å². The number of rotatable bonds is 4. The van der Waals surface area contributed by atoms with Gasteiger partial charge in [0.1, 0.15) is 0 Å². The van der Waals surface area contributed by atoms with Gasteiger partial charge in [0.25, 0.3) is 10.1 Å². The van der Waals surface area contributed by atoms with E-state index in [0.29, 0.717) is 5.57 Å². The van der Waals surface area contributed by atoms with Gasteiger partial charge in [0, 0.05) is 18.7 Å². The standard InChI is InChI=1S/C8H15NO4S/c1-6(2)8(10)9(4)7(3)5-14(11,12)13/h7H,1,5H2,2-4H3,(H,11,12,13). The molecule has 0 radical (unpaired) electrons. The van der Waals surface area contributed by atoms with Crippen molar-refractivity contribution in [3.8, 4) is 0 Å². The van der Waals surface area contributed by atoms with Crippen molar-refractivity contribution in [2.45, 2.75) is 19.9 Å². The number of nitrogens with zero attached hydrogens (tertiary/aromatic N) is 1. The topological polar surface area (TPSA) is 74.7 Å².